The number of benzene rings is 1. The highest BCUT2D eigenvalue weighted by Crippen LogP contribution is 2.26. The smallest absolute Gasteiger partial charge is 0.318 e. The number of nitrogens with zero attached hydrogens (tertiary/aromatic N) is 4. The van der Waals surface area contributed by atoms with Gasteiger partial charge in [0.2, 0.25) is 5.13 Å². The summed E-state index contributed by atoms with van der Waals surface area (Å²) in [6.07, 6.45) is 0.978. The zero-order valence-corrected chi connectivity index (χ0v) is 14.5. The molecule has 1 fully saturated rings. The van der Waals surface area contributed by atoms with E-state index >= 15 is 0 Å². The molecule has 7 nitrogen and oxygen atoms in total. The van der Waals surface area contributed by atoms with E-state index in [-0.39, 0.29) is 12.1 Å². The lowest BCUT2D eigenvalue weighted by atomic mass is 10.1. The number of likely N-dealkylation sites (N-methyl/N-ethyl adjacent to an activating group) is 1. The third-order valence-corrected chi connectivity index (χ3v) is 4.93. The molecule has 0 radical (unpaired) electrons. The van der Waals surface area contributed by atoms with Gasteiger partial charge in [-0.2, -0.15) is 0 Å². The van der Waals surface area contributed by atoms with Crippen molar-refractivity contribution in [3.8, 4) is 0 Å². The largest absolute Gasteiger partial charge is 0.374 e. The number of anilines is 1. The molecule has 0 aliphatic carbocycles. The Labute approximate surface area is 145 Å². The van der Waals surface area contributed by atoms with Gasteiger partial charge in [0.25, 0.3) is 0 Å². The fraction of sp³-hybridized carbons (Fsp3) is 0.438. The van der Waals surface area contributed by atoms with Gasteiger partial charge in [0.15, 0.2) is 0 Å². The normalized spacial score (nSPS) is 17.3. The SMILES string of the molecule is CN1CCCN(C(=O)NC(c2ccccc2)c2nnc(N)s2)CC1. The number of nitrogen functional groups attached to an aromatic ring is 1. The molecule has 24 heavy (non-hydrogen) atoms. The summed E-state index contributed by atoms with van der Waals surface area (Å²) in [7, 11) is 2.08. The molecule has 1 unspecified atom stereocenters. The van der Waals surface area contributed by atoms with Crippen LogP contribution in [0.4, 0.5) is 9.93 Å². The summed E-state index contributed by atoms with van der Waals surface area (Å²) in [5.74, 6) is 0. The first-order chi connectivity index (χ1) is 11.6. The van der Waals surface area contributed by atoms with Crippen molar-refractivity contribution >= 4 is 22.5 Å². The molecule has 3 rings (SSSR count). The molecule has 1 aliphatic heterocycles. The summed E-state index contributed by atoms with van der Waals surface area (Å²) in [6, 6.07) is 9.36. The quantitative estimate of drug-likeness (QED) is 0.881. The van der Waals surface area contributed by atoms with E-state index in [1.165, 1.54) is 11.3 Å². The molecule has 0 spiro atoms. The average molecular weight is 346 g/mol. The molecule has 128 valence electrons. The number of nitrogens with two attached hydrogens (primary N) is 1. The van der Waals surface area contributed by atoms with E-state index in [0.717, 1.165) is 38.2 Å². The zero-order valence-electron chi connectivity index (χ0n) is 13.7. The maximum Gasteiger partial charge on any atom is 0.318 e. The maximum absolute atomic E-state index is 12.7. The van der Waals surface area contributed by atoms with E-state index < -0.39 is 0 Å². The van der Waals surface area contributed by atoms with E-state index in [2.05, 4.69) is 27.5 Å². The van der Waals surface area contributed by atoms with Gasteiger partial charge in [0, 0.05) is 19.6 Å². The molecule has 1 aliphatic rings. The van der Waals surface area contributed by atoms with Crippen LogP contribution >= 0.6 is 11.3 Å². The monoisotopic (exact) mass is 346 g/mol. The Hall–Kier alpha value is -2.19. The van der Waals surface area contributed by atoms with Crippen LogP contribution in [-0.4, -0.2) is 59.3 Å². The van der Waals surface area contributed by atoms with E-state index in [4.69, 9.17) is 5.73 Å². The summed E-state index contributed by atoms with van der Waals surface area (Å²) in [6.45, 7) is 3.38. The Morgan fingerprint density at radius 1 is 1.21 bits per heavy atom. The Morgan fingerprint density at radius 2 is 2.00 bits per heavy atom. The van der Waals surface area contributed by atoms with Crippen LogP contribution in [0.15, 0.2) is 30.3 Å². The van der Waals surface area contributed by atoms with Crippen LogP contribution in [0, 0.1) is 0 Å². The lowest BCUT2D eigenvalue weighted by Crippen LogP contribution is -2.43. The number of hydrogen-bond donors (Lipinski definition) is 2. The molecule has 2 aromatic rings. The Morgan fingerprint density at radius 3 is 2.71 bits per heavy atom. The van der Waals surface area contributed by atoms with Crippen LogP contribution < -0.4 is 11.1 Å². The molecule has 1 saturated heterocycles. The van der Waals surface area contributed by atoms with Gasteiger partial charge in [-0.15, -0.1) is 10.2 Å². The van der Waals surface area contributed by atoms with Gasteiger partial charge in [-0.1, -0.05) is 41.7 Å². The molecule has 2 amide bonds. The number of nitrogens with one attached hydrogen (secondary N) is 1. The van der Waals surface area contributed by atoms with E-state index in [1.54, 1.807) is 0 Å². The maximum atomic E-state index is 12.7. The number of carbonyl (C=O) groups is 1. The Balaban J connectivity index is 1.78. The Kier molecular flexibility index (Phi) is 5.27. The van der Waals surface area contributed by atoms with Gasteiger partial charge in [-0.3, -0.25) is 0 Å². The standard InChI is InChI=1S/C16H22N6OS/c1-21-8-5-9-22(11-10-21)16(23)18-13(12-6-3-2-4-7-12)14-19-20-15(17)24-14/h2-4,6-7,13H,5,8-11H2,1H3,(H2,17,20)(H,18,23). The minimum atomic E-state index is -0.338. The number of rotatable bonds is 3. The molecule has 1 atom stereocenters. The first-order valence-electron chi connectivity index (χ1n) is 8.01. The highest BCUT2D eigenvalue weighted by atomic mass is 32.1. The highest BCUT2D eigenvalue weighted by molar-refractivity contribution is 7.15. The van der Waals surface area contributed by atoms with Crippen LogP contribution in [0.25, 0.3) is 0 Å². The van der Waals surface area contributed by atoms with Crippen molar-refractivity contribution in [1.82, 2.24) is 25.3 Å². The van der Waals surface area contributed by atoms with Crippen LogP contribution in [-0.2, 0) is 0 Å². The van der Waals surface area contributed by atoms with Crippen molar-refractivity contribution in [3.63, 3.8) is 0 Å². The van der Waals surface area contributed by atoms with Crippen molar-refractivity contribution in [2.45, 2.75) is 12.5 Å². The molecular formula is C16H22N6OS. The fourth-order valence-electron chi connectivity index (χ4n) is 2.76. The van der Waals surface area contributed by atoms with Gasteiger partial charge in [-0.05, 0) is 25.6 Å². The van der Waals surface area contributed by atoms with Crippen LogP contribution in [0.5, 0.6) is 0 Å². The second kappa shape index (κ2) is 7.59. The minimum Gasteiger partial charge on any atom is -0.374 e. The van der Waals surface area contributed by atoms with Crippen molar-refractivity contribution in [2.24, 2.45) is 0 Å². The lowest BCUT2D eigenvalue weighted by molar-refractivity contribution is 0.197. The number of amides is 2. The molecule has 8 heteroatoms. The summed E-state index contributed by atoms with van der Waals surface area (Å²) in [5.41, 5.74) is 6.69. The van der Waals surface area contributed by atoms with Crippen molar-refractivity contribution in [1.29, 1.82) is 0 Å². The van der Waals surface area contributed by atoms with Gasteiger partial charge in [0.1, 0.15) is 11.0 Å². The second-order valence-electron chi connectivity index (χ2n) is 5.92. The van der Waals surface area contributed by atoms with Gasteiger partial charge >= 0.3 is 6.03 Å². The van der Waals surface area contributed by atoms with Crippen molar-refractivity contribution in [3.05, 3.63) is 40.9 Å². The van der Waals surface area contributed by atoms with Crippen molar-refractivity contribution < 1.29 is 4.79 Å². The predicted molar refractivity (Wildman–Crippen MR) is 94.8 cm³/mol. The van der Waals surface area contributed by atoms with Crippen LogP contribution in [0.2, 0.25) is 0 Å². The molecule has 0 bridgehead atoms. The Bertz CT molecular complexity index is 676. The van der Waals surface area contributed by atoms with E-state index in [0.29, 0.717) is 10.1 Å². The van der Waals surface area contributed by atoms with Crippen LogP contribution in [0.3, 0.4) is 0 Å². The fourth-order valence-corrected chi connectivity index (χ4v) is 3.45. The van der Waals surface area contributed by atoms with Gasteiger partial charge in [-0.25, -0.2) is 4.79 Å². The molecule has 1 aromatic carbocycles. The third kappa shape index (κ3) is 4.01. The summed E-state index contributed by atoms with van der Waals surface area (Å²) in [4.78, 5) is 16.9. The first-order valence-corrected chi connectivity index (χ1v) is 8.83. The highest BCUT2D eigenvalue weighted by Gasteiger charge is 2.24. The predicted octanol–water partition coefficient (Wildman–Crippen LogP) is 1.56. The molecule has 1 aromatic heterocycles. The van der Waals surface area contributed by atoms with E-state index in [1.807, 2.05) is 35.2 Å². The van der Waals surface area contributed by atoms with Crippen LogP contribution in [0.1, 0.15) is 23.0 Å². The molecule has 3 N–H and O–H groups in total. The minimum absolute atomic E-state index is 0.0760. The first kappa shape index (κ1) is 16.7. The summed E-state index contributed by atoms with van der Waals surface area (Å²) >= 11 is 1.30. The second-order valence-corrected chi connectivity index (χ2v) is 6.96. The van der Waals surface area contributed by atoms with Gasteiger partial charge < -0.3 is 20.9 Å². The van der Waals surface area contributed by atoms with Gasteiger partial charge in [0.05, 0.1) is 0 Å². The van der Waals surface area contributed by atoms with Crippen molar-refractivity contribution in [2.75, 3.05) is 39.0 Å². The number of aromatic nitrogens is 2. The van der Waals surface area contributed by atoms with E-state index in [9.17, 15) is 4.79 Å². The number of carbonyl (C=O) groups excluding carboxylic acids is 1. The topological polar surface area (TPSA) is 87.4 Å². The zero-order chi connectivity index (χ0) is 16.9. The summed E-state index contributed by atoms with van der Waals surface area (Å²) < 4.78 is 0. The molecule has 0 saturated carbocycles. The molecule has 2 heterocycles. The summed E-state index contributed by atoms with van der Waals surface area (Å²) in [5, 5.41) is 12.2. The number of urea groups is 1. The number of hydrogen-bond acceptors (Lipinski definition) is 6. The third-order valence-electron chi connectivity index (χ3n) is 4.11. The average Bonchev–Trinajstić information content (AvgIpc) is 2.89. The molecular weight excluding hydrogens is 324 g/mol. The lowest BCUT2D eigenvalue weighted by Gasteiger charge is -2.24.